The van der Waals surface area contributed by atoms with Gasteiger partial charge in [0.15, 0.2) is 0 Å². The van der Waals surface area contributed by atoms with Gasteiger partial charge in [0.2, 0.25) is 17.9 Å². The van der Waals surface area contributed by atoms with E-state index in [-0.39, 0.29) is 28.7 Å². The third kappa shape index (κ3) is 3.82. The third-order valence-electron chi connectivity index (χ3n) is 5.47. The number of hydrogen-bond acceptors (Lipinski definition) is 4. The van der Waals surface area contributed by atoms with E-state index in [1.54, 1.807) is 0 Å². The maximum atomic E-state index is 12.5. The van der Waals surface area contributed by atoms with Gasteiger partial charge in [0.05, 0.1) is 0 Å². The van der Waals surface area contributed by atoms with Crippen molar-refractivity contribution in [1.82, 2.24) is 10.2 Å². The lowest BCUT2D eigenvalue weighted by atomic mass is 9.87. The Morgan fingerprint density at radius 1 is 1.04 bits per heavy atom. The van der Waals surface area contributed by atoms with Crippen LogP contribution in [0.1, 0.15) is 51.4 Å². The van der Waals surface area contributed by atoms with Crippen molar-refractivity contribution in [3.05, 3.63) is 10.1 Å². The fraction of sp³-hybridized carbons (Fsp3) is 0.875. The van der Waals surface area contributed by atoms with Crippen LogP contribution in [-0.2, 0) is 9.59 Å². The molecule has 0 bridgehead atoms. The summed E-state index contributed by atoms with van der Waals surface area (Å²) < 4.78 is 0. The van der Waals surface area contributed by atoms with Crippen LogP contribution in [0.25, 0.3) is 0 Å². The molecule has 0 unspecified atom stereocenters. The molecule has 0 aromatic heterocycles. The summed E-state index contributed by atoms with van der Waals surface area (Å²) in [6.45, 7) is 1.37. The highest BCUT2D eigenvalue weighted by atomic mass is 16.6. The molecule has 7 nitrogen and oxygen atoms in total. The largest absolute Gasteiger partial charge is 0.353 e. The number of hydrogen-bond donors (Lipinski definition) is 1. The number of likely N-dealkylation sites (tertiary alicyclic amines) is 1. The fourth-order valence-corrected chi connectivity index (χ4v) is 3.86. The molecule has 3 aliphatic rings. The van der Waals surface area contributed by atoms with Gasteiger partial charge < -0.3 is 10.2 Å². The molecule has 3 fully saturated rings. The van der Waals surface area contributed by atoms with Gasteiger partial charge in [0.25, 0.3) is 0 Å². The fourth-order valence-electron chi connectivity index (χ4n) is 3.86. The summed E-state index contributed by atoms with van der Waals surface area (Å²) in [6.07, 6.45) is 7.44. The molecule has 2 saturated carbocycles. The maximum absolute atomic E-state index is 12.5. The molecule has 1 aliphatic heterocycles. The maximum Gasteiger partial charge on any atom is 0.230 e. The summed E-state index contributed by atoms with van der Waals surface area (Å²) >= 11 is 0. The van der Waals surface area contributed by atoms with E-state index in [0.717, 1.165) is 38.5 Å². The molecule has 2 amide bonds. The molecule has 7 heteroatoms. The van der Waals surface area contributed by atoms with E-state index < -0.39 is 12.0 Å². The van der Waals surface area contributed by atoms with Crippen molar-refractivity contribution in [3.8, 4) is 0 Å². The van der Waals surface area contributed by atoms with Crippen LogP contribution >= 0.6 is 0 Å². The minimum atomic E-state index is -0.692. The topological polar surface area (TPSA) is 92.6 Å². The van der Waals surface area contributed by atoms with Crippen molar-refractivity contribution in [3.63, 3.8) is 0 Å². The van der Waals surface area contributed by atoms with Gasteiger partial charge in [0.1, 0.15) is 5.92 Å². The van der Waals surface area contributed by atoms with Crippen LogP contribution in [0.5, 0.6) is 0 Å². The highest BCUT2D eigenvalue weighted by Gasteiger charge is 2.53. The van der Waals surface area contributed by atoms with Crippen LogP contribution < -0.4 is 5.32 Å². The number of nitrogens with zero attached hydrogens (tertiary/aromatic N) is 2. The van der Waals surface area contributed by atoms with Crippen LogP contribution in [0.15, 0.2) is 0 Å². The summed E-state index contributed by atoms with van der Waals surface area (Å²) in [4.78, 5) is 36.6. The van der Waals surface area contributed by atoms with Gasteiger partial charge in [-0.3, -0.25) is 19.7 Å². The van der Waals surface area contributed by atoms with Crippen LogP contribution in [0.2, 0.25) is 0 Å². The van der Waals surface area contributed by atoms with E-state index >= 15 is 0 Å². The van der Waals surface area contributed by atoms with Crippen molar-refractivity contribution in [2.45, 2.75) is 63.5 Å². The van der Waals surface area contributed by atoms with E-state index in [4.69, 9.17) is 0 Å². The lowest BCUT2D eigenvalue weighted by Crippen LogP contribution is -2.48. The number of carbonyl (C=O) groups is 2. The number of piperidine rings is 1. The van der Waals surface area contributed by atoms with Crippen molar-refractivity contribution >= 4 is 11.8 Å². The number of nitrogens with one attached hydrogen (secondary N) is 1. The molecule has 0 aromatic carbocycles. The zero-order chi connectivity index (χ0) is 16.4. The quantitative estimate of drug-likeness (QED) is 0.624. The average Bonchev–Trinajstić information content (AvgIpc) is 3.37. The zero-order valence-electron chi connectivity index (χ0n) is 13.4. The molecule has 0 radical (unpaired) electrons. The molecular weight excluding hydrogens is 298 g/mol. The summed E-state index contributed by atoms with van der Waals surface area (Å²) in [5.41, 5.74) is 0. The van der Waals surface area contributed by atoms with E-state index in [0.29, 0.717) is 19.5 Å². The number of amides is 2. The zero-order valence-corrected chi connectivity index (χ0v) is 13.4. The first-order valence-corrected chi connectivity index (χ1v) is 8.79. The Kier molecular flexibility index (Phi) is 4.82. The Morgan fingerprint density at radius 2 is 1.70 bits per heavy atom. The highest BCUT2D eigenvalue weighted by Crippen LogP contribution is 2.33. The molecule has 2 aliphatic carbocycles. The smallest absolute Gasteiger partial charge is 0.230 e. The van der Waals surface area contributed by atoms with Gasteiger partial charge in [0, 0.05) is 36.4 Å². The molecule has 1 heterocycles. The van der Waals surface area contributed by atoms with Crippen LogP contribution in [0, 0.1) is 22.0 Å². The van der Waals surface area contributed by atoms with Crippen LogP contribution in [0.4, 0.5) is 0 Å². The van der Waals surface area contributed by atoms with Crippen LogP contribution in [-0.4, -0.2) is 46.8 Å². The predicted octanol–water partition coefficient (Wildman–Crippen LogP) is 1.34. The minimum Gasteiger partial charge on any atom is -0.353 e. The first-order valence-electron chi connectivity index (χ1n) is 8.79. The normalized spacial score (nSPS) is 29.1. The first kappa shape index (κ1) is 16.2. The molecule has 2 atom stereocenters. The SMILES string of the molecule is O=C(NC1CCN(C(=O)C2CCCCC2)CC1)[C@H]1C[C@@H]1[N+](=O)[O-]. The minimum absolute atomic E-state index is 0.0471. The Hall–Kier alpha value is -1.66. The van der Waals surface area contributed by atoms with E-state index in [2.05, 4.69) is 5.32 Å². The Bertz CT molecular complexity index is 482. The first-order chi connectivity index (χ1) is 11.1. The lowest BCUT2D eigenvalue weighted by molar-refractivity contribution is -0.497. The molecular formula is C16H25N3O4. The van der Waals surface area contributed by atoms with Crippen LogP contribution in [0.3, 0.4) is 0 Å². The summed E-state index contributed by atoms with van der Waals surface area (Å²) in [7, 11) is 0. The number of rotatable bonds is 4. The van der Waals surface area contributed by atoms with Gasteiger partial charge >= 0.3 is 0 Å². The summed E-state index contributed by atoms with van der Waals surface area (Å²) in [5, 5.41) is 13.5. The van der Waals surface area contributed by atoms with Gasteiger partial charge in [-0.1, -0.05) is 19.3 Å². The molecule has 23 heavy (non-hydrogen) atoms. The van der Waals surface area contributed by atoms with Crippen molar-refractivity contribution in [1.29, 1.82) is 0 Å². The second-order valence-corrected chi connectivity index (χ2v) is 7.14. The predicted molar refractivity (Wildman–Crippen MR) is 83.2 cm³/mol. The van der Waals surface area contributed by atoms with Crippen molar-refractivity contribution in [2.24, 2.45) is 11.8 Å². The van der Waals surface area contributed by atoms with Gasteiger partial charge in [-0.05, 0) is 25.7 Å². The number of carbonyl (C=O) groups excluding carboxylic acids is 2. The lowest BCUT2D eigenvalue weighted by Gasteiger charge is -2.35. The molecule has 1 N–H and O–H groups in total. The molecule has 0 aromatic rings. The van der Waals surface area contributed by atoms with E-state index in [1.165, 1.54) is 6.42 Å². The van der Waals surface area contributed by atoms with Crippen molar-refractivity contribution in [2.75, 3.05) is 13.1 Å². The Balaban J connectivity index is 1.41. The monoisotopic (exact) mass is 323 g/mol. The summed E-state index contributed by atoms with van der Waals surface area (Å²) in [6, 6.07) is -0.645. The molecule has 1 saturated heterocycles. The number of nitro groups is 1. The molecule has 3 rings (SSSR count). The third-order valence-corrected chi connectivity index (χ3v) is 5.47. The highest BCUT2D eigenvalue weighted by molar-refractivity contribution is 5.82. The van der Waals surface area contributed by atoms with E-state index in [1.807, 2.05) is 4.90 Å². The second kappa shape index (κ2) is 6.84. The average molecular weight is 323 g/mol. The van der Waals surface area contributed by atoms with Gasteiger partial charge in [-0.2, -0.15) is 0 Å². The second-order valence-electron chi connectivity index (χ2n) is 7.14. The Labute approximate surface area is 135 Å². The van der Waals surface area contributed by atoms with Gasteiger partial charge in [-0.25, -0.2) is 0 Å². The van der Waals surface area contributed by atoms with E-state index in [9.17, 15) is 19.7 Å². The molecule has 0 spiro atoms. The van der Waals surface area contributed by atoms with Gasteiger partial charge in [-0.15, -0.1) is 0 Å². The molecule has 128 valence electrons. The van der Waals surface area contributed by atoms with Crippen molar-refractivity contribution < 1.29 is 14.5 Å². The Morgan fingerprint density at radius 3 is 2.26 bits per heavy atom. The summed E-state index contributed by atoms with van der Waals surface area (Å²) in [5.74, 6) is -0.164. The standard InChI is InChI=1S/C16H25N3O4/c20-15(13-10-14(13)19(22)23)17-12-6-8-18(9-7-12)16(21)11-4-2-1-3-5-11/h11-14H,1-10H2,(H,17,20)/t13-,14-/m0/s1.